The average molecular weight is 285 g/mol. The van der Waals surface area contributed by atoms with Crippen molar-refractivity contribution in [1.29, 1.82) is 0 Å². The SMILES string of the molecule is O=C(CCS)OCCOc1ccc([O-])c(C(=O)O)c1. The van der Waals surface area contributed by atoms with Gasteiger partial charge in [-0.25, -0.2) is 4.79 Å². The Bertz CT molecular complexity index is 460. The molecule has 0 amide bonds. The lowest BCUT2D eigenvalue weighted by atomic mass is 10.2. The molecule has 0 saturated heterocycles. The van der Waals surface area contributed by atoms with Crippen molar-refractivity contribution in [1.82, 2.24) is 0 Å². The van der Waals surface area contributed by atoms with Gasteiger partial charge in [0, 0.05) is 5.75 Å². The van der Waals surface area contributed by atoms with Crippen LogP contribution in [0.25, 0.3) is 0 Å². The molecule has 1 aromatic carbocycles. The van der Waals surface area contributed by atoms with Crippen LogP contribution in [0.5, 0.6) is 11.5 Å². The minimum Gasteiger partial charge on any atom is -0.872 e. The van der Waals surface area contributed by atoms with E-state index in [1.54, 1.807) is 0 Å². The van der Waals surface area contributed by atoms with E-state index in [9.17, 15) is 14.7 Å². The fraction of sp³-hybridized carbons (Fsp3) is 0.333. The van der Waals surface area contributed by atoms with Gasteiger partial charge in [0.1, 0.15) is 19.0 Å². The number of hydrogen-bond donors (Lipinski definition) is 2. The maximum absolute atomic E-state index is 11.2. The van der Waals surface area contributed by atoms with Crippen molar-refractivity contribution in [2.75, 3.05) is 19.0 Å². The average Bonchev–Trinajstić information content (AvgIpc) is 2.36. The molecule has 0 aromatic heterocycles. The van der Waals surface area contributed by atoms with Crippen LogP contribution in [0.2, 0.25) is 0 Å². The van der Waals surface area contributed by atoms with Gasteiger partial charge in [0.15, 0.2) is 0 Å². The number of carbonyl (C=O) groups excluding carboxylic acids is 1. The van der Waals surface area contributed by atoms with Crippen molar-refractivity contribution in [3.05, 3.63) is 23.8 Å². The van der Waals surface area contributed by atoms with E-state index in [-0.39, 0.29) is 36.9 Å². The van der Waals surface area contributed by atoms with E-state index in [2.05, 4.69) is 12.6 Å². The topological polar surface area (TPSA) is 95.9 Å². The molecule has 0 aliphatic heterocycles. The zero-order valence-corrected chi connectivity index (χ0v) is 10.9. The fourth-order valence-corrected chi connectivity index (χ4v) is 1.43. The second-order valence-electron chi connectivity index (χ2n) is 3.51. The molecule has 0 spiro atoms. The lowest BCUT2D eigenvalue weighted by Gasteiger charge is -2.12. The molecule has 0 unspecified atom stereocenters. The zero-order valence-electron chi connectivity index (χ0n) is 10.00. The molecule has 0 fully saturated rings. The Labute approximate surface area is 115 Å². The van der Waals surface area contributed by atoms with E-state index in [0.29, 0.717) is 5.75 Å². The van der Waals surface area contributed by atoms with E-state index in [1.165, 1.54) is 6.07 Å². The highest BCUT2D eigenvalue weighted by Gasteiger charge is 2.06. The van der Waals surface area contributed by atoms with Crippen LogP contribution < -0.4 is 9.84 Å². The van der Waals surface area contributed by atoms with Crippen molar-refractivity contribution in [3.8, 4) is 11.5 Å². The third kappa shape index (κ3) is 5.09. The number of hydrogen-bond acceptors (Lipinski definition) is 6. The number of carboxylic acids is 1. The summed E-state index contributed by atoms with van der Waals surface area (Å²) in [5, 5.41) is 20.0. The minimum absolute atomic E-state index is 0.0497. The first kappa shape index (κ1) is 15.2. The summed E-state index contributed by atoms with van der Waals surface area (Å²) in [7, 11) is 0. The number of esters is 1. The van der Waals surface area contributed by atoms with Crippen LogP contribution in [-0.4, -0.2) is 36.0 Å². The molecule has 0 aliphatic rings. The number of aromatic carboxylic acids is 1. The van der Waals surface area contributed by atoms with Gasteiger partial charge in [-0.05, 0) is 12.1 Å². The number of thiol groups is 1. The van der Waals surface area contributed by atoms with Crippen LogP contribution >= 0.6 is 12.6 Å². The predicted molar refractivity (Wildman–Crippen MR) is 67.8 cm³/mol. The molecule has 1 rings (SSSR count). The van der Waals surface area contributed by atoms with Gasteiger partial charge in [0.2, 0.25) is 0 Å². The van der Waals surface area contributed by atoms with E-state index in [0.717, 1.165) is 12.1 Å². The molecule has 0 saturated carbocycles. The number of benzene rings is 1. The van der Waals surface area contributed by atoms with Gasteiger partial charge in [-0.1, -0.05) is 11.8 Å². The molecule has 0 aliphatic carbocycles. The van der Waals surface area contributed by atoms with Crippen molar-refractivity contribution in [2.24, 2.45) is 0 Å². The minimum atomic E-state index is -1.31. The molecule has 104 valence electrons. The number of rotatable bonds is 7. The molecular formula is C12H13O6S-. The summed E-state index contributed by atoms with van der Waals surface area (Å²) in [6, 6.07) is 3.62. The Kier molecular flexibility index (Phi) is 6.01. The lowest BCUT2D eigenvalue weighted by Crippen LogP contribution is -2.12. The molecule has 1 N–H and O–H groups in total. The van der Waals surface area contributed by atoms with Gasteiger partial charge >= 0.3 is 11.9 Å². The Morgan fingerprint density at radius 1 is 1.32 bits per heavy atom. The van der Waals surface area contributed by atoms with Crippen LogP contribution in [0, 0.1) is 0 Å². The number of carboxylic acid groups (broad SMARTS) is 1. The number of carbonyl (C=O) groups is 2. The highest BCUT2D eigenvalue weighted by atomic mass is 32.1. The van der Waals surface area contributed by atoms with Crippen LogP contribution in [0.1, 0.15) is 16.8 Å². The van der Waals surface area contributed by atoms with E-state index in [4.69, 9.17) is 14.6 Å². The van der Waals surface area contributed by atoms with Crippen molar-refractivity contribution >= 4 is 24.6 Å². The van der Waals surface area contributed by atoms with Gasteiger partial charge < -0.3 is 19.7 Å². The molecule has 1 aromatic rings. The summed E-state index contributed by atoms with van der Waals surface area (Å²) in [5.74, 6) is -1.62. The predicted octanol–water partition coefficient (Wildman–Crippen LogP) is 0.700. The van der Waals surface area contributed by atoms with Gasteiger partial charge in [0.05, 0.1) is 12.0 Å². The van der Waals surface area contributed by atoms with Gasteiger partial charge in [-0.15, -0.1) is 0 Å². The van der Waals surface area contributed by atoms with Crippen molar-refractivity contribution < 1.29 is 29.3 Å². The second-order valence-corrected chi connectivity index (χ2v) is 3.95. The highest BCUT2D eigenvalue weighted by Crippen LogP contribution is 2.20. The number of ether oxygens (including phenoxy) is 2. The molecule has 19 heavy (non-hydrogen) atoms. The Morgan fingerprint density at radius 3 is 2.68 bits per heavy atom. The molecule has 6 nitrogen and oxygen atoms in total. The summed E-state index contributed by atoms with van der Waals surface area (Å²) in [6.07, 6.45) is 0.219. The molecule has 0 heterocycles. The van der Waals surface area contributed by atoms with E-state index in [1.807, 2.05) is 0 Å². The van der Waals surface area contributed by atoms with E-state index >= 15 is 0 Å². The Balaban J connectivity index is 2.44. The summed E-state index contributed by atoms with van der Waals surface area (Å²) >= 11 is 3.88. The van der Waals surface area contributed by atoms with Crippen LogP contribution in [0.4, 0.5) is 0 Å². The van der Waals surface area contributed by atoms with Gasteiger partial charge in [0.25, 0.3) is 0 Å². The molecular weight excluding hydrogens is 272 g/mol. The lowest BCUT2D eigenvalue weighted by molar-refractivity contribution is -0.268. The normalized spacial score (nSPS) is 9.95. The quantitative estimate of drug-likeness (QED) is 0.435. The van der Waals surface area contributed by atoms with Crippen molar-refractivity contribution in [3.63, 3.8) is 0 Å². The summed E-state index contributed by atoms with van der Waals surface area (Å²) in [6.45, 7) is 0.129. The molecule has 0 bridgehead atoms. The first-order valence-electron chi connectivity index (χ1n) is 5.48. The van der Waals surface area contributed by atoms with E-state index < -0.39 is 11.7 Å². The summed E-state index contributed by atoms with van der Waals surface area (Å²) in [5.41, 5.74) is -0.357. The highest BCUT2D eigenvalue weighted by molar-refractivity contribution is 7.80. The smallest absolute Gasteiger partial charge is 0.335 e. The zero-order chi connectivity index (χ0) is 14.3. The third-order valence-electron chi connectivity index (χ3n) is 2.11. The first-order valence-corrected chi connectivity index (χ1v) is 6.11. The monoisotopic (exact) mass is 285 g/mol. The fourth-order valence-electron chi connectivity index (χ4n) is 1.24. The Morgan fingerprint density at radius 2 is 2.05 bits per heavy atom. The standard InChI is InChI=1S/C12H14O6S/c13-10-2-1-8(7-9(10)12(15)16)17-4-5-18-11(14)3-6-19/h1-2,7,13,19H,3-6H2,(H,15,16)/p-1. The molecule has 0 atom stereocenters. The van der Waals surface area contributed by atoms with Crippen molar-refractivity contribution in [2.45, 2.75) is 6.42 Å². The molecule has 0 radical (unpaired) electrons. The summed E-state index contributed by atoms with van der Waals surface area (Å²) in [4.78, 5) is 21.7. The third-order valence-corrected chi connectivity index (χ3v) is 2.34. The van der Waals surface area contributed by atoms with Gasteiger partial charge in [-0.2, -0.15) is 12.6 Å². The van der Waals surface area contributed by atoms with Crippen LogP contribution in [0.3, 0.4) is 0 Å². The van der Waals surface area contributed by atoms with Crippen LogP contribution in [-0.2, 0) is 9.53 Å². The maximum atomic E-state index is 11.2. The maximum Gasteiger partial charge on any atom is 0.335 e. The summed E-state index contributed by atoms with van der Waals surface area (Å²) < 4.78 is 10.00. The van der Waals surface area contributed by atoms with Gasteiger partial charge in [-0.3, -0.25) is 4.79 Å². The second kappa shape index (κ2) is 7.52. The Hall–Kier alpha value is -1.89. The first-order chi connectivity index (χ1) is 9.04. The largest absolute Gasteiger partial charge is 0.872 e. The molecule has 7 heteroatoms. The van der Waals surface area contributed by atoms with Crippen LogP contribution in [0.15, 0.2) is 18.2 Å².